The normalized spacial score (nSPS) is 14.8. The van der Waals surface area contributed by atoms with E-state index in [9.17, 15) is 13.2 Å². The molecule has 2 heterocycles. The van der Waals surface area contributed by atoms with Gasteiger partial charge >= 0.3 is 0 Å². The van der Waals surface area contributed by atoms with Crippen LogP contribution in [0.2, 0.25) is 0 Å². The van der Waals surface area contributed by atoms with E-state index in [1.165, 1.54) is 0 Å². The zero-order valence-electron chi connectivity index (χ0n) is 14.1. The number of aromatic nitrogens is 1. The molecule has 4 rings (SSSR count). The second kappa shape index (κ2) is 5.46. The average Bonchev–Trinajstić information content (AvgIpc) is 2.89. The predicted octanol–water partition coefficient (Wildman–Crippen LogP) is 2.87. The quantitative estimate of drug-likeness (QED) is 0.711. The third kappa shape index (κ3) is 2.28. The maximum atomic E-state index is 13.1. The molecule has 0 saturated carbocycles. The Labute approximate surface area is 146 Å². The fourth-order valence-corrected chi connectivity index (χ4v) is 4.85. The summed E-state index contributed by atoms with van der Waals surface area (Å²) in [6, 6.07) is 14.2. The Morgan fingerprint density at radius 3 is 2.40 bits per heavy atom. The number of para-hydroxylation sites is 1. The highest BCUT2D eigenvalue weighted by molar-refractivity contribution is 7.89. The fourth-order valence-electron chi connectivity index (χ4n) is 3.48. The first-order valence-corrected chi connectivity index (χ1v) is 9.55. The maximum absolute atomic E-state index is 13.1. The Balaban J connectivity index is 1.85. The van der Waals surface area contributed by atoms with Gasteiger partial charge in [-0.2, -0.15) is 0 Å². The highest BCUT2D eigenvalue weighted by Crippen LogP contribution is 2.32. The standard InChI is InChI=1S/C19H18N2O3S/c1-13-7-9-14(10-8-13)25(23,24)21-12-11-17-18(19(21)22)15-5-3-4-6-16(15)20(17)2/h3-10H,11-12H2,1-2H3. The summed E-state index contributed by atoms with van der Waals surface area (Å²) in [5.41, 5.74) is 3.30. The molecule has 0 bridgehead atoms. The first kappa shape index (κ1) is 15.9. The SMILES string of the molecule is Cc1ccc(S(=O)(=O)N2CCc3c(c4ccccc4n3C)C2=O)cc1. The summed E-state index contributed by atoms with van der Waals surface area (Å²) in [6.07, 6.45) is 0.511. The molecule has 0 atom stereocenters. The van der Waals surface area contributed by atoms with Gasteiger partial charge in [0, 0.05) is 36.6 Å². The minimum Gasteiger partial charge on any atom is -0.347 e. The van der Waals surface area contributed by atoms with Crippen LogP contribution in [0.15, 0.2) is 53.4 Å². The summed E-state index contributed by atoms with van der Waals surface area (Å²) >= 11 is 0. The minimum absolute atomic E-state index is 0.148. The molecule has 0 aliphatic carbocycles. The summed E-state index contributed by atoms with van der Waals surface area (Å²) in [5, 5.41) is 0.800. The second-order valence-electron chi connectivity index (χ2n) is 6.34. The summed E-state index contributed by atoms with van der Waals surface area (Å²) in [6.45, 7) is 2.05. The van der Waals surface area contributed by atoms with Gasteiger partial charge in [-0.3, -0.25) is 4.79 Å². The molecule has 6 heteroatoms. The summed E-state index contributed by atoms with van der Waals surface area (Å²) in [5.74, 6) is -0.446. The lowest BCUT2D eigenvalue weighted by molar-refractivity contribution is 0.0850. The highest BCUT2D eigenvalue weighted by atomic mass is 32.2. The molecule has 1 amide bonds. The van der Waals surface area contributed by atoms with Crippen LogP contribution < -0.4 is 0 Å². The first-order chi connectivity index (χ1) is 11.9. The van der Waals surface area contributed by atoms with Gasteiger partial charge < -0.3 is 4.57 Å². The number of amides is 1. The van der Waals surface area contributed by atoms with Crippen molar-refractivity contribution in [1.29, 1.82) is 0 Å². The van der Waals surface area contributed by atoms with Crippen LogP contribution in [-0.4, -0.2) is 29.7 Å². The van der Waals surface area contributed by atoms with Gasteiger partial charge in [0.05, 0.1) is 10.5 Å². The first-order valence-electron chi connectivity index (χ1n) is 8.11. The van der Waals surface area contributed by atoms with Crippen LogP contribution in [0.1, 0.15) is 21.6 Å². The van der Waals surface area contributed by atoms with Gasteiger partial charge in [0.25, 0.3) is 15.9 Å². The maximum Gasteiger partial charge on any atom is 0.270 e. The lowest BCUT2D eigenvalue weighted by Gasteiger charge is -2.27. The molecular weight excluding hydrogens is 336 g/mol. The second-order valence-corrected chi connectivity index (χ2v) is 8.21. The number of aryl methyl sites for hydroxylation is 2. The summed E-state index contributed by atoms with van der Waals surface area (Å²) in [4.78, 5) is 13.2. The van der Waals surface area contributed by atoms with Gasteiger partial charge in [-0.25, -0.2) is 12.7 Å². The third-order valence-electron chi connectivity index (χ3n) is 4.83. The Bertz CT molecular complexity index is 1100. The van der Waals surface area contributed by atoms with E-state index in [1.54, 1.807) is 24.3 Å². The van der Waals surface area contributed by atoms with E-state index >= 15 is 0 Å². The summed E-state index contributed by atoms with van der Waals surface area (Å²) < 4.78 is 28.9. The Hall–Kier alpha value is -2.60. The molecule has 1 aliphatic rings. The summed E-state index contributed by atoms with van der Waals surface area (Å²) in [7, 11) is -1.94. The molecule has 0 fully saturated rings. The van der Waals surface area contributed by atoms with Crippen molar-refractivity contribution in [1.82, 2.24) is 8.87 Å². The van der Waals surface area contributed by atoms with Crippen molar-refractivity contribution < 1.29 is 13.2 Å². The van der Waals surface area contributed by atoms with Crippen LogP contribution >= 0.6 is 0 Å². The van der Waals surface area contributed by atoms with E-state index in [2.05, 4.69) is 0 Å². The third-order valence-corrected chi connectivity index (χ3v) is 6.63. The van der Waals surface area contributed by atoms with Crippen molar-refractivity contribution in [3.63, 3.8) is 0 Å². The van der Waals surface area contributed by atoms with Crippen LogP contribution in [0, 0.1) is 6.92 Å². The zero-order chi connectivity index (χ0) is 17.8. The van der Waals surface area contributed by atoms with Gasteiger partial charge in [-0.1, -0.05) is 35.9 Å². The molecule has 3 aromatic rings. The van der Waals surface area contributed by atoms with Crippen molar-refractivity contribution in [2.24, 2.45) is 7.05 Å². The lowest BCUT2D eigenvalue weighted by Crippen LogP contribution is -2.42. The number of rotatable bonds is 2. The van der Waals surface area contributed by atoms with Crippen LogP contribution in [-0.2, 0) is 23.5 Å². The molecule has 2 aromatic carbocycles. The molecule has 0 unspecified atom stereocenters. The number of hydrogen-bond donors (Lipinski definition) is 0. The molecular formula is C19H18N2O3S. The molecule has 128 valence electrons. The van der Waals surface area contributed by atoms with E-state index in [0.717, 1.165) is 26.5 Å². The topological polar surface area (TPSA) is 59.4 Å². The van der Waals surface area contributed by atoms with E-state index in [0.29, 0.717) is 12.0 Å². The largest absolute Gasteiger partial charge is 0.347 e. The van der Waals surface area contributed by atoms with E-state index in [1.807, 2.05) is 42.8 Å². The molecule has 0 saturated heterocycles. The Kier molecular flexibility index (Phi) is 3.47. The van der Waals surface area contributed by atoms with Crippen molar-refractivity contribution in [2.75, 3.05) is 6.54 Å². The predicted molar refractivity (Wildman–Crippen MR) is 96.0 cm³/mol. The zero-order valence-corrected chi connectivity index (χ0v) is 14.9. The molecule has 5 nitrogen and oxygen atoms in total. The van der Waals surface area contributed by atoms with Crippen LogP contribution in [0.5, 0.6) is 0 Å². The number of benzene rings is 2. The van der Waals surface area contributed by atoms with Crippen LogP contribution in [0.25, 0.3) is 10.9 Å². The van der Waals surface area contributed by atoms with Crippen molar-refractivity contribution in [2.45, 2.75) is 18.2 Å². The molecule has 0 radical (unpaired) electrons. The average molecular weight is 354 g/mol. The number of sulfonamides is 1. The molecule has 1 aromatic heterocycles. The number of fused-ring (bicyclic) bond motifs is 3. The van der Waals surface area contributed by atoms with Crippen molar-refractivity contribution in [3.8, 4) is 0 Å². The van der Waals surface area contributed by atoms with E-state index in [4.69, 9.17) is 0 Å². The van der Waals surface area contributed by atoms with E-state index < -0.39 is 15.9 Å². The van der Waals surface area contributed by atoms with Gasteiger partial charge in [0.2, 0.25) is 0 Å². The van der Waals surface area contributed by atoms with E-state index in [-0.39, 0.29) is 11.4 Å². The number of carbonyl (C=O) groups excluding carboxylic acids is 1. The smallest absolute Gasteiger partial charge is 0.270 e. The monoisotopic (exact) mass is 354 g/mol. The number of hydrogen-bond acceptors (Lipinski definition) is 3. The van der Waals surface area contributed by atoms with Gasteiger partial charge in [-0.05, 0) is 25.1 Å². The number of carbonyl (C=O) groups is 1. The van der Waals surface area contributed by atoms with Crippen LogP contribution in [0.4, 0.5) is 0 Å². The van der Waals surface area contributed by atoms with Gasteiger partial charge in [0.1, 0.15) is 0 Å². The molecule has 0 N–H and O–H groups in total. The van der Waals surface area contributed by atoms with Crippen LogP contribution in [0.3, 0.4) is 0 Å². The lowest BCUT2D eigenvalue weighted by atomic mass is 10.1. The Morgan fingerprint density at radius 1 is 1.00 bits per heavy atom. The minimum atomic E-state index is -3.86. The Morgan fingerprint density at radius 2 is 1.68 bits per heavy atom. The molecule has 0 spiro atoms. The van der Waals surface area contributed by atoms with Crippen molar-refractivity contribution >= 4 is 26.8 Å². The van der Waals surface area contributed by atoms with Gasteiger partial charge in [-0.15, -0.1) is 0 Å². The fraction of sp³-hybridized carbons (Fsp3) is 0.211. The molecule has 25 heavy (non-hydrogen) atoms. The van der Waals surface area contributed by atoms with Gasteiger partial charge in [0.15, 0.2) is 0 Å². The number of nitrogens with zero attached hydrogens (tertiary/aromatic N) is 2. The highest BCUT2D eigenvalue weighted by Gasteiger charge is 2.37. The molecule has 1 aliphatic heterocycles. The van der Waals surface area contributed by atoms with Crippen molar-refractivity contribution in [3.05, 3.63) is 65.4 Å².